The summed E-state index contributed by atoms with van der Waals surface area (Å²) in [5.41, 5.74) is 0.970. The van der Waals surface area contributed by atoms with Gasteiger partial charge in [-0.05, 0) is 44.3 Å². The molecule has 0 unspecified atom stereocenters. The average Bonchev–Trinajstić information content (AvgIpc) is 2.73. The maximum atomic E-state index is 10.7. The van der Waals surface area contributed by atoms with Crippen molar-refractivity contribution in [3.63, 3.8) is 0 Å². The van der Waals surface area contributed by atoms with Crippen LogP contribution < -0.4 is 0 Å². The van der Waals surface area contributed by atoms with Crippen LogP contribution in [0.1, 0.15) is 56.6 Å². The smallest absolute Gasteiger partial charge is 0.303 e. The number of aliphatic hydroxyl groups is 1. The van der Waals surface area contributed by atoms with E-state index in [2.05, 4.69) is 4.90 Å². The van der Waals surface area contributed by atoms with Crippen molar-refractivity contribution in [3.8, 4) is 0 Å². The minimum atomic E-state index is -0.726. The van der Waals surface area contributed by atoms with E-state index >= 15 is 0 Å². The van der Waals surface area contributed by atoms with Crippen LogP contribution in [0.4, 0.5) is 0 Å². The molecular formula is C18H27NO3. The fourth-order valence-corrected chi connectivity index (χ4v) is 3.30. The molecule has 1 aliphatic rings. The highest BCUT2D eigenvalue weighted by Crippen LogP contribution is 2.26. The van der Waals surface area contributed by atoms with Crippen LogP contribution in [0, 0.1) is 0 Å². The van der Waals surface area contributed by atoms with Crippen LogP contribution in [-0.2, 0) is 4.79 Å². The maximum Gasteiger partial charge on any atom is 0.303 e. The Morgan fingerprint density at radius 2 is 2.00 bits per heavy atom. The van der Waals surface area contributed by atoms with Crippen molar-refractivity contribution in [2.24, 2.45) is 0 Å². The van der Waals surface area contributed by atoms with Gasteiger partial charge in [-0.1, -0.05) is 43.2 Å². The summed E-state index contributed by atoms with van der Waals surface area (Å²) < 4.78 is 0. The molecule has 22 heavy (non-hydrogen) atoms. The molecule has 0 spiro atoms. The lowest BCUT2D eigenvalue weighted by Crippen LogP contribution is -2.37. The van der Waals surface area contributed by atoms with Crippen LogP contribution in [0.25, 0.3) is 0 Å². The lowest BCUT2D eigenvalue weighted by Gasteiger charge is -2.31. The summed E-state index contributed by atoms with van der Waals surface area (Å²) in [6.45, 7) is 1.84. The first-order valence-electron chi connectivity index (χ1n) is 8.35. The predicted octanol–water partition coefficient (Wildman–Crippen LogP) is 3.22. The van der Waals surface area contributed by atoms with Crippen LogP contribution in [0.15, 0.2) is 30.3 Å². The van der Waals surface area contributed by atoms with E-state index in [9.17, 15) is 9.90 Å². The van der Waals surface area contributed by atoms with Gasteiger partial charge in [0.25, 0.3) is 0 Å². The quantitative estimate of drug-likeness (QED) is 0.812. The summed E-state index contributed by atoms with van der Waals surface area (Å²) in [5.74, 6) is -0.726. The molecule has 0 aliphatic carbocycles. The third-order valence-electron chi connectivity index (χ3n) is 4.51. The van der Waals surface area contributed by atoms with Crippen LogP contribution >= 0.6 is 0 Å². The SMILES string of the molecule is O=C(O)CCCN1CCCCC[C@@H]1C[C@@H](O)c1ccccc1. The van der Waals surface area contributed by atoms with Gasteiger partial charge in [-0.3, -0.25) is 4.79 Å². The van der Waals surface area contributed by atoms with Crippen molar-refractivity contribution in [1.29, 1.82) is 0 Å². The molecule has 122 valence electrons. The Labute approximate surface area is 132 Å². The molecule has 0 radical (unpaired) electrons. The van der Waals surface area contributed by atoms with E-state index in [4.69, 9.17) is 5.11 Å². The minimum Gasteiger partial charge on any atom is -0.481 e. The van der Waals surface area contributed by atoms with E-state index in [0.29, 0.717) is 12.5 Å². The minimum absolute atomic E-state index is 0.227. The van der Waals surface area contributed by atoms with Gasteiger partial charge in [0.15, 0.2) is 0 Å². The number of rotatable bonds is 7. The van der Waals surface area contributed by atoms with Crippen LogP contribution in [0.2, 0.25) is 0 Å². The molecule has 1 aliphatic heterocycles. The lowest BCUT2D eigenvalue weighted by atomic mass is 9.98. The van der Waals surface area contributed by atoms with Crippen LogP contribution in [0.5, 0.6) is 0 Å². The van der Waals surface area contributed by atoms with Crippen molar-refractivity contribution in [1.82, 2.24) is 4.90 Å². The Bertz CT molecular complexity index is 449. The summed E-state index contributed by atoms with van der Waals surface area (Å²) in [6, 6.07) is 10.2. The van der Waals surface area contributed by atoms with E-state index in [-0.39, 0.29) is 6.42 Å². The molecular weight excluding hydrogens is 278 g/mol. The topological polar surface area (TPSA) is 60.8 Å². The molecule has 1 aromatic carbocycles. The average molecular weight is 305 g/mol. The van der Waals surface area contributed by atoms with Crippen LogP contribution in [0.3, 0.4) is 0 Å². The second-order valence-electron chi connectivity index (χ2n) is 6.20. The first-order chi connectivity index (χ1) is 10.7. The highest BCUT2D eigenvalue weighted by atomic mass is 16.4. The summed E-state index contributed by atoms with van der Waals surface area (Å²) in [6.07, 6.45) is 5.90. The van der Waals surface area contributed by atoms with Gasteiger partial charge in [-0.25, -0.2) is 0 Å². The molecule has 1 heterocycles. The zero-order valence-corrected chi connectivity index (χ0v) is 13.2. The lowest BCUT2D eigenvalue weighted by molar-refractivity contribution is -0.137. The van der Waals surface area contributed by atoms with Gasteiger partial charge < -0.3 is 15.1 Å². The summed E-state index contributed by atoms with van der Waals surface area (Å²) in [7, 11) is 0. The largest absolute Gasteiger partial charge is 0.481 e. The third kappa shape index (κ3) is 5.43. The fourth-order valence-electron chi connectivity index (χ4n) is 3.30. The number of hydrogen-bond acceptors (Lipinski definition) is 3. The number of aliphatic hydroxyl groups excluding tert-OH is 1. The molecule has 2 atom stereocenters. The van der Waals surface area contributed by atoms with E-state index in [1.54, 1.807) is 0 Å². The van der Waals surface area contributed by atoms with Gasteiger partial charge in [-0.15, -0.1) is 0 Å². The molecule has 0 aromatic heterocycles. The summed E-state index contributed by atoms with van der Waals surface area (Å²) in [4.78, 5) is 13.1. The molecule has 1 fully saturated rings. The Balaban J connectivity index is 1.93. The normalized spacial score (nSPS) is 21.2. The molecule has 0 saturated carbocycles. The first-order valence-corrected chi connectivity index (χ1v) is 8.35. The van der Waals surface area contributed by atoms with E-state index in [1.165, 1.54) is 19.3 Å². The van der Waals surface area contributed by atoms with E-state index in [1.807, 2.05) is 30.3 Å². The number of likely N-dealkylation sites (tertiary alicyclic amines) is 1. The first kappa shape index (κ1) is 17.0. The molecule has 1 aromatic rings. The second-order valence-corrected chi connectivity index (χ2v) is 6.20. The maximum absolute atomic E-state index is 10.7. The van der Waals surface area contributed by atoms with Gasteiger partial charge in [0.2, 0.25) is 0 Å². The van der Waals surface area contributed by atoms with Crippen molar-refractivity contribution < 1.29 is 15.0 Å². The molecule has 0 bridgehead atoms. The van der Waals surface area contributed by atoms with Gasteiger partial charge in [0, 0.05) is 12.5 Å². The number of nitrogens with zero attached hydrogens (tertiary/aromatic N) is 1. The fraction of sp³-hybridized carbons (Fsp3) is 0.611. The predicted molar refractivity (Wildman–Crippen MR) is 86.7 cm³/mol. The number of carboxylic acid groups (broad SMARTS) is 1. The molecule has 2 rings (SSSR count). The van der Waals surface area contributed by atoms with Crippen molar-refractivity contribution in [3.05, 3.63) is 35.9 Å². The van der Waals surface area contributed by atoms with E-state index < -0.39 is 12.1 Å². The number of carboxylic acids is 1. The van der Waals surface area contributed by atoms with Crippen molar-refractivity contribution >= 4 is 5.97 Å². The van der Waals surface area contributed by atoms with Crippen molar-refractivity contribution in [2.75, 3.05) is 13.1 Å². The van der Waals surface area contributed by atoms with E-state index in [0.717, 1.165) is 31.5 Å². The zero-order chi connectivity index (χ0) is 15.8. The molecule has 4 nitrogen and oxygen atoms in total. The number of aliphatic carboxylic acids is 1. The Hall–Kier alpha value is -1.39. The highest BCUT2D eigenvalue weighted by molar-refractivity contribution is 5.66. The molecule has 1 saturated heterocycles. The van der Waals surface area contributed by atoms with Gasteiger partial charge in [0.05, 0.1) is 6.10 Å². The number of hydrogen-bond donors (Lipinski definition) is 2. The monoisotopic (exact) mass is 305 g/mol. The molecule has 4 heteroatoms. The number of benzene rings is 1. The summed E-state index contributed by atoms with van der Waals surface area (Å²) >= 11 is 0. The van der Waals surface area contributed by atoms with Crippen LogP contribution in [-0.4, -0.2) is 40.2 Å². The van der Waals surface area contributed by atoms with Gasteiger partial charge in [-0.2, -0.15) is 0 Å². The Morgan fingerprint density at radius 1 is 1.23 bits per heavy atom. The summed E-state index contributed by atoms with van der Waals surface area (Å²) in [5, 5.41) is 19.3. The highest BCUT2D eigenvalue weighted by Gasteiger charge is 2.24. The second kappa shape index (κ2) is 8.91. The van der Waals surface area contributed by atoms with Gasteiger partial charge >= 0.3 is 5.97 Å². The Morgan fingerprint density at radius 3 is 2.73 bits per heavy atom. The Kier molecular flexibility index (Phi) is 6.87. The third-order valence-corrected chi connectivity index (χ3v) is 4.51. The van der Waals surface area contributed by atoms with Crippen molar-refractivity contribution in [2.45, 2.75) is 57.1 Å². The standard InChI is InChI=1S/C18H27NO3/c20-17(15-8-3-1-4-9-15)14-16-10-5-2-6-12-19(16)13-7-11-18(21)22/h1,3-4,8-9,16-17,20H,2,5-7,10-14H2,(H,21,22)/t16-,17-/m1/s1. The molecule has 0 amide bonds. The van der Waals surface area contributed by atoms with Gasteiger partial charge in [0.1, 0.15) is 0 Å². The zero-order valence-electron chi connectivity index (χ0n) is 13.2. The molecule has 2 N–H and O–H groups in total. The number of carbonyl (C=O) groups is 1.